The monoisotopic (exact) mass is 410 g/mol. The van der Waals surface area contributed by atoms with E-state index in [0.717, 1.165) is 44.3 Å². The fourth-order valence-corrected chi connectivity index (χ4v) is 3.97. The highest BCUT2D eigenvalue weighted by Gasteiger charge is 2.20. The van der Waals surface area contributed by atoms with Gasteiger partial charge in [0.05, 0.1) is 26.9 Å². The van der Waals surface area contributed by atoms with Gasteiger partial charge in [-0.2, -0.15) is 0 Å². The lowest BCUT2D eigenvalue weighted by molar-refractivity contribution is 0.102. The maximum atomic E-state index is 13.8. The first-order valence-corrected chi connectivity index (χ1v) is 10.9. The number of amides is 1. The van der Waals surface area contributed by atoms with Gasteiger partial charge in [-0.05, 0) is 55.7 Å². The summed E-state index contributed by atoms with van der Waals surface area (Å²) in [5.74, 6) is -1.06. The van der Waals surface area contributed by atoms with Crippen molar-refractivity contribution in [3.8, 4) is 0 Å². The van der Waals surface area contributed by atoms with E-state index in [1.54, 1.807) is 6.07 Å². The number of anilines is 2. The van der Waals surface area contributed by atoms with E-state index in [9.17, 15) is 17.6 Å². The van der Waals surface area contributed by atoms with Crippen LogP contribution in [0.2, 0.25) is 5.02 Å². The average molecular weight is 411 g/mol. The van der Waals surface area contributed by atoms with Crippen LogP contribution < -0.4 is 10.2 Å². The predicted molar refractivity (Wildman–Crippen MR) is 105 cm³/mol. The van der Waals surface area contributed by atoms with Crippen LogP contribution in [0.1, 0.15) is 29.6 Å². The summed E-state index contributed by atoms with van der Waals surface area (Å²) in [6, 6.07) is 8.20. The Morgan fingerprint density at radius 3 is 2.48 bits per heavy atom. The summed E-state index contributed by atoms with van der Waals surface area (Å²) in [5, 5.41) is 2.81. The van der Waals surface area contributed by atoms with E-state index in [2.05, 4.69) is 10.2 Å². The van der Waals surface area contributed by atoms with Crippen molar-refractivity contribution in [1.29, 1.82) is 0 Å². The van der Waals surface area contributed by atoms with Crippen molar-refractivity contribution in [2.45, 2.75) is 24.2 Å². The van der Waals surface area contributed by atoms with Crippen molar-refractivity contribution in [1.82, 2.24) is 0 Å². The Labute approximate surface area is 163 Å². The number of sulfone groups is 1. The number of benzene rings is 2. The van der Waals surface area contributed by atoms with Crippen LogP contribution in [0.15, 0.2) is 41.3 Å². The van der Waals surface area contributed by atoms with Gasteiger partial charge in [0, 0.05) is 19.3 Å². The number of carbonyl (C=O) groups excluding carboxylic acids is 1. The standard InChI is InChI=1S/C19H20ClFN2O3S/c1-27(25,26)14-6-7-16(20)15(12-14)19(24)22-17-11-13(21)5-8-18(17)23-9-3-2-4-10-23/h5-8,11-12H,2-4,9-10H2,1H3,(H,22,24). The van der Waals surface area contributed by atoms with E-state index < -0.39 is 21.6 Å². The molecule has 1 saturated heterocycles. The van der Waals surface area contributed by atoms with Crippen LogP contribution in [0.25, 0.3) is 0 Å². The largest absolute Gasteiger partial charge is 0.370 e. The molecule has 1 amide bonds. The van der Waals surface area contributed by atoms with Gasteiger partial charge in [0.25, 0.3) is 5.91 Å². The molecule has 0 spiro atoms. The fraction of sp³-hybridized carbons (Fsp3) is 0.316. The molecule has 3 rings (SSSR count). The maximum Gasteiger partial charge on any atom is 0.257 e. The van der Waals surface area contributed by atoms with Crippen molar-refractivity contribution in [3.63, 3.8) is 0 Å². The van der Waals surface area contributed by atoms with Gasteiger partial charge in [0.2, 0.25) is 0 Å². The Bertz CT molecular complexity index is 973. The lowest BCUT2D eigenvalue weighted by atomic mass is 10.1. The molecule has 0 saturated carbocycles. The highest BCUT2D eigenvalue weighted by atomic mass is 35.5. The number of hydrogen-bond donors (Lipinski definition) is 1. The van der Waals surface area contributed by atoms with Crippen LogP contribution in [-0.2, 0) is 9.84 Å². The van der Waals surface area contributed by atoms with E-state index in [4.69, 9.17) is 11.6 Å². The topological polar surface area (TPSA) is 66.5 Å². The van der Waals surface area contributed by atoms with E-state index in [1.165, 1.54) is 30.3 Å². The maximum absolute atomic E-state index is 13.8. The highest BCUT2D eigenvalue weighted by molar-refractivity contribution is 7.90. The van der Waals surface area contributed by atoms with Gasteiger partial charge in [0.15, 0.2) is 9.84 Å². The molecule has 1 aliphatic heterocycles. The molecule has 1 fully saturated rings. The zero-order valence-electron chi connectivity index (χ0n) is 14.8. The van der Waals surface area contributed by atoms with Crippen LogP contribution in [-0.4, -0.2) is 33.7 Å². The average Bonchev–Trinajstić information content (AvgIpc) is 2.62. The van der Waals surface area contributed by atoms with E-state index in [0.29, 0.717) is 5.69 Å². The van der Waals surface area contributed by atoms with Crippen molar-refractivity contribution >= 4 is 38.7 Å². The van der Waals surface area contributed by atoms with Gasteiger partial charge in [-0.15, -0.1) is 0 Å². The first-order chi connectivity index (χ1) is 12.8. The molecule has 0 atom stereocenters. The minimum absolute atomic E-state index is 0.00690. The molecule has 0 unspecified atom stereocenters. The molecule has 5 nitrogen and oxygen atoms in total. The Morgan fingerprint density at radius 1 is 1.11 bits per heavy atom. The van der Waals surface area contributed by atoms with Crippen molar-refractivity contribution in [3.05, 3.63) is 52.8 Å². The summed E-state index contributed by atoms with van der Waals surface area (Å²) >= 11 is 6.09. The fourth-order valence-electron chi connectivity index (χ4n) is 3.12. The minimum atomic E-state index is -3.49. The Kier molecular flexibility index (Phi) is 5.72. The number of hydrogen-bond acceptors (Lipinski definition) is 4. The second-order valence-electron chi connectivity index (χ2n) is 6.58. The molecular formula is C19H20ClFN2O3S. The third kappa shape index (κ3) is 4.59. The lowest BCUT2D eigenvalue weighted by Crippen LogP contribution is -2.30. The molecule has 0 aliphatic carbocycles. The van der Waals surface area contributed by atoms with Gasteiger partial charge in [0.1, 0.15) is 5.82 Å². The summed E-state index contributed by atoms with van der Waals surface area (Å²) in [6.07, 6.45) is 4.27. The van der Waals surface area contributed by atoms with Crippen LogP contribution in [0.5, 0.6) is 0 Å². The van der Waals surface area contributed by atoms with E-state index >= 15 is 0 Å². The molecule has 0 bridgehead atoms. The predicted octanol–water partition coefficient (Wildman–Crippen LogP) is 4.13. The number of halogens is 2. The Morgan fingerprint density at radius 2 is 1.81 bits per heavy atom. The summed E-state index contributed by atoms with van der Waals surface area (Å²) in [6.45, 7) is 1.66. The summed E-state index contributed by atoms with van der Waals surface area (Å²) in [5.41, 5.74) is 1.09. The number of rotatable bonds is 4. The van der Waals surface area contributed by atoms with Gasteiger partial charge in [-0.1, -0.05) is 11.6 Å². The number of piperidine rings is 1. The van der Waals surface area contributed by atoms with Gasteiger partial charge in [-0.3, -0.25) is 4.79 Å². The van der Waals surface area contributed by atoms with Crippen molar-refractivity contribution in [2.75, 3.05) is 29.6 Å². The van der Waals surface area contributed by atoms with Gasteiger partial charge >= 0.3 is 0 Å². The number of carbonyl (C=O) groups is 1. The van der Waals surface area contributed by atoms with Crippen molar-refractivity contribution < 1.29 is 17.6 Å². The molecule has 2 aromatic carbocycles. The van der Waals surface area contributed by atoms with Crippen molar-refractivity contribution in [2.24, 2.45) is 0 Å². The second-order valence-corrected chi connectivity index (χ2v) is 9.00. The molecular weight excluding hydrogens is 391 g/mol. The molecule has 27 heavy (non-hydrogen) atoms. The molecule has 1 aliphatic rings. The smallest absolute Gasteiger partial charge is 0.257 e. The van der Waals surface area contributed by atoms with Crippen LogP contribution in [0, 0.1) is 5.82 Å². The molecule has 1 N–H and O–H groups in total. The summed E-state index contributed by atoms with van der Waals surface area (Å²) < 4.78 is 37.3. The molecule has 1 heterocycles. The normalized spacial score (nSPS) is 14.9. The Hall–Kier alpha value is -2.12. The zero-order valence-corrected chi connectivity index (χ0v) is 16.4. The number of nitrogens with one attached hydrogen (secondary N) is 1. The quantitative estimate of drug-likeness (QED) is 0.823. The highest BCUT2D eigenvalue weighted by Crippen LogP contribution is 2.30. The van der Waals surface area contributed by atoms with Gasteiger partial charge < -0.3 is 10.2 Å². The lowest BCUT2D eigenvalue weighted by Gasteiger charge is -2.30. The Balaban J connectivity index is 1.93. The van der Waals surface area contributed by atoms with Crippen LogP contribution in [0.3, 0.4) is 0 Å². The SMILES string of the molecule is CS(=O)(=O)c1ccc(Cl)c(C(=O)Nc2cc(F)ccc2N2CCCCC2)c1. The molecule has 2 aromatic rings. The van der Waals surface area contributed by atoms with Crippen LogP contribution >= 0.6 is 11.6 Å². The first-order valence-electron chi connectivity index (χ1n) is 8.61. The molecule has 0 aromatic heterocycles. The third-order valence-electron chi connectivity index (χ3n) is 4.51. The number of nitrogens with zero attached hydrogens (tertiary/aromatic N) is 1. The molecule has 8 heteroatoms. The first kappa shape index (κ1) is 19.6. The zero-order chi connectivity index (χ0) is 19.6. The molecule has 0 radical (unpaired) electrons. The van der Waals surface area contributed by atoms with E-state index in [-0.39, 0.29) is 15.5 Å². The van der Waals surface area contributed by atoms with E-state index in [1.807, 2.05) is 0 Å². The van der Waals surface area contributed by atoms with Gasteiger partial charge in [-0.25, -0.2) is 12.8 Å². The summed E-state index contributed by atoms with van der Waals surface area (Å²) in [4.78, 5) is 14.8. The van der Waals surface area contributed by atoms with Crippen LogP contribution in [0.4, 0.5) is 15.8 Å². The summed E-state index contributed by atoms with van der Waals surface area (Å²) in [7, 11) is -3.49. The third-order valence-corrected chi connectivity index (χ3v) is 5.95. The minimum Gasteiger partial charge on any atom is -0.370 e. The second kappa shape index (κ2) is 7.86. The molecule has 144 valence electrons.